The molecule has 1 fully saturated rings. The minimum atomic E-state index is -0.161. The Kier molecular flexibility index (Phi) is 4.77. The summed E-state index contributed by atoms with van der Waals surface area (Å²) in [5.74, 6) is 0.00472. The monoisotopic (exact) mass is 274 g/mol. The summed E-state index contributed by atoms with van der Waals surface area (Å²) in [5.41, 5.74) is 1.03. The van der Waals surface area contributed by atoms with E-state index in [1.807, 2.05) is 37.3 Å². The van der Waals surface area contributed by atoms with Gasteiger partial charge in [0, 0.05) is 20.0 Å². The van der Waals surface area contributed by atoms with Crippen molar-refractivity contribution in [3.8, 4) is 0 Å². The van der Waals surface area contributed by atoms with E-state index in [0.29, 0.717) is 19.4 Å². The van der Waals surface area contributed by atoms with Crippen molar-refractivity contribution in [1.29, 1.82) is 0 Å². The van der Waals surface area contributed by atoms with Gasteiger partial charge in [0.1, 0.15) is 0 Å². The molecule has 1 N–H and O–H groups in total. The van der Waals surface area contributed by atoms with Gasteiger partial charge in [-0.3, -0.25) is 9.59 Å². The van der Waals surface area contributed by atoms with Gasteiger partial charge in [-0.15, -0.1) is 0 Å². The second-order valence-electron chi connectivity index (χ2n) is 5.30. The number of hydrogen-bond acceptors (Lipinski definition) is 2. The lowest BCUT2D eigenvalue weighted by molar-refractivity contribution is -0.141. The molecule has 0 aliphatic carbocycles. The number of likely N-dealkylation sites (tertiary alicyclic amines) is 1. The topological polar surface area (TPSA) is 49.4 Å². The molecule has 0 bridgehead atoms. The van der Waals surface area contributed by atoms with E-state index in [0.717, 1.165) is 12.0 Å². The molecular formula is C16H22N2O2. The number of hydrogen-bond donors (Lipinski definition) is 1. The van der Waals surface area contributed by atoms with Gasteiger partial charge in [0.2, 0.25) is 11.8 Å². The highest BCUT2D eigenvalue weighted by Crippen LogP contribution is 2.35. The molecule has 108 valence electrons. The maximum Gasteiger partial charge on any atom is 0.225 e. The van der Waals surface area contributed by atoms with Crippen molar-refractivity contribution in [2.45, 2.75) is 32.2 Å². The Morgan fingerprint density at radius 1 is 1.35 bits per heavy atom. The summed E-state index contributed by atoms with van der Waals surface area (Å²) in [7, 11) is 1.79. The van der Waals surface area contributed by atoms with Crippen LogP contribution >= 0.6 is 0 Å². The SMILES string of the molecule is CCCNC(=O)[C@@H]1CCC(=O)N(C)[C@@H]1c1ccccc1. The van der Waals surface area contributed by atoms with E-state index in [-0.39, 0.29) is 23.8 Å². The molecule has 0 spiro atoms. The van der Waals surface area contributed by atoms with E-state index in [4.69, 9.17) is 0 Å². The predicted molar refractivity (Wildman–Crippen MR) is 78.0 cm³/mol. The second kappa shape index (κ2) is 6.55. The number of rotatable bonds is 4. The Hall–Kier alpha value is -1.84. The third-order valence-corrected chi connectivity index (χ3v) is 3.89. The molecule has 1 aliphatic heterocycles. The lowest BCUT2D eigenvalue weighted by Gasteiger charge is -2.38. The van der Waals surface area contributed by atoms with Gasteiger partial charge in [0.05, 0.1) is 12.0 Å². The number of carbonyl (C=O) groups excluding carboxylic acids is 2. The van der Waals surface area contributed by atoms with E-state index in [2.05, 4.69) is 5.32 Å². The quantitative estimate of drug-likeness (QED) is 0.914. The average molecular weight is 274 g/mol. The van der Waals surface area contributed by atoms with Crippen molar-refractivity contribution >= 4 is 11.8 Å². The van der Waals surface area contributed by atoms with Gasteiger partial charge in [-0.2, -0.15) is 0 Å². The van der Waals surface area contributed by atoms with Crippen molar-refractivity contribution < 1.29 is 9.59 Å². The molecule has 1 saturated heterocycles. The zero-order valence-electron chi connectivity index (χ0n) is 12.1. The third-order valence-electron chi connectivity index (χ3n) is 3.89. The maximum atomic E-state index is 12.3. The molecule has 0 unspecified atom stereocenters. The molecule has 4 nitrogen and oxygen atoms in total. The minimum absolute atomic E-state index is 0.0556. The lowest BCUT2D eigenvalue weighted by atomic mass is 9.84. The van der Waals surface area contributed by atoms with Crippen LogP contribution in [0.15, 0.2) is 30.3 Å². The standard InChI is InChI=1S/C16H22N2O2/c1-3-11-17-16(20)13-9-10-14(19)18(2)15(13)12-7-5-4-6-8-12/h4-8,13,15H,3,9-11H2,1-2H3,(H,17,20)/t13-,15-/m1/s1. The fourth-order valence-corrected chi connectivity index (χ4v) is 2.80. The Bertz CT molecular complexity index is 473. The Morgan fingerprint density at radius 2 is 2.05 bits per heavy atom. The summed E-state index contributed by atoms with van der Waals surface area (Å²) >= 11 is 0. The first-order valence-corrected chi connectivity index (χ1v) is 7.23. The van der Waals surface area contributed by atoms with Crippen LogP contribution in [0.2, 0.25) is 0 Å². The zero-order chi connectivity index (χ0) is 14.5. The molecule has 1 aromatic rings. The molecule has 20 heavy (non-hydrogen) atoms. The van der Waals surface area contributed by atoms with Crippen LogP contribution in [0.1, 0.15) is 37.8 Å². The van der Waals surface area contributed by atoms with Crippen molar-refractivity contribution in [2.24, 2.45) is 5.92 Å². The molecule has 0 radical (unpaired) electrons. The second-order valence-corrected chi connectivity index (χ2v) is 5.30. The van der Waals surface area contributed by atoms with Gasteiger partial charge in [-0.05, 0) is 18.4 Å². The van der Waals surface area contributed by atoms with Gasteiger partial charge in [0.25, 0.3) is 0 Å². The van der Waals surface area contributed by atoms with E-state index < -0.39 is 0 Å². The Morgan fingerprint density at radius 3 is 2.70 bits per heavy atom. The summed E-state index contributed by atoms with van der Waals surface area (Å²) in [6.07, 6.45) is 1.99. The van der Waals surface area contributed by atoms with Crippen LogP contribution in [0.5, 0.6) is 0 Å². The minimum Gasteiger partial charge on any atom is -0.356 e. The summed E-state index contributed by atoms with van der Waals surface area (Å²) < 4.78 is 0. The van der Waals surface area contributed by atoms with Gasteiger partial charge in [-0.25, -0.2) is 0 Å². The number of carbonyl (C=O) groups is 2. The number of benzene rings is 1. The fraction of sp³-hybridized carbons (Fsp3) is 0.500. The van der Waals surface area contributed by atoms with Crippen molar-refractivity contribution in [1.82, 2.24) is 10.2 Å². The average Bonchev–Trinajstić information content (AvgIpc) is 2.48. The first-order valence-electron chi connectivity index (χ1n) is 7.23. The third kappa shape index (κ3) is 3.00. The zero-order valence-corrected chi connectivity index (χ0v) is 12.1. The highest BCUT2D eigenvalue weighted by molar-refractivity contribution is 5.84. The molecule has 1 heterocycles. The molecule has 2 rings (SSSR count). The highest BCUT2D eigenvalue weighted by atomic mass is 16.2. The molecule has 4 heteroatoms. The van der Waals surface area contributed by atoms with Crippen LogP contribution in [-0.2, 0) is 9.59 Å². The molecule has 2 atom stereocenters. The van der Waals surface area contributed by atoms with Crippen LogP contribution in [0, 0.1) is 5.92 Å². The summed E-state index contributed by atoms with van der Waals surface area (Å²) in [6, 6.07) is 9.65. The van der Waals surface area contributed by atoms with Crippen LogP contribution in [0.4, 0.5) is 0 Å². The molecule has 1 aromatic carbocycles. The van der Waals surface area contributed by atoms with E-state index >= 15 is 0 Å². The van der Waals surface area contributed by atoms with E-state index in [1.54, 1.807) is 11.9 Å². The predicted octanol–water partition coefficient (Wildman–Crippen LogP) is 2.12. The van der Waals surface area contributed by atoms with Crippen LogP contribution in [-0.4, -0.2) is 30.3 Å². The van der Waals surface area contributed by atoms with Crippen molar-refractivity contribution in [2.75, 3.05) is 13.6 Å². The molecule has 0 aromatic heterocycles. The van der Waals surface area contributed by atoms with Gasteiger partial charge in [-0.1, -0.05) is 37.3 Å². The smallest absolute Gasteiger partial charge is 0.225 e. The van der Waals surface area contributed by atoms with Crippen LogP contribution < -0.4 is 5.32 Å². The van der Waals surface area contributed by atoms with Gasteiger partial charge in [0.15, 0.2) is 0 Å². The first-order chi connectivity index (χ1) is 9.65. The van der Waals surface area contributed by atoms with E-state index in [9.17, 15) is 9.59 Å². The van der Waals surface area contributed by atoms with E-state index in [1.165, 1.54) is 0 Å². The van der Waals surface area contributed by atoms with Crippen LogP contribution in [0.3, 0.4) is 0 Å². The lowest BCUT2D eigenvalue weighted by Crippen LogP contribution is -2.46. The van der Waals surface area contributed by atoms with Gasteiger partial charge >= 0.3 is 0 Å². The first kappa shape index (κ1) is 14.6. The van der Waals surface area contributed by atoms with Crippen molar-refractivity contribution in [3.05, 3.63) is 35.9 Å². The van der Waals surface area contributed by atoms with Gasteiger partial charge < -0.3 is 10.2 Å². The molecular weight excluding hydrogens is 252 g/mol. The summed E-state index contributed by atoms with van der Waals surface area (Å²) in [6.45, 7) is 2.72. The number of piperidine rings is 1. The fourth-order valence-electron chi connectivity index (χ4n) is 2.80. The summed E-state index contributed by atoms with van der Waals surface area (Å²) in [5, 5.41) is 2.96. The Labute approximate surface area is 120 Å². The molecule has 0 saturated carbocycles. The maximum absolute atomic E-state index is 12.3. The number of nitrogens with zero attached hydrogens (tertiary/aromatic N) is 1. The highest BCUT2D eigenvalue weighted by Gasteiger charge is 2.38. The number of amides is 2. The van der Waals surface area contributed by atoms with Crippen LogP contribution in [0.25, 0.3) is 0 Å². The Balaban J connectivity index is 2.24. The largest absolute Gasteiger partial charge is 0.356 e. The molecule has 1 aliphatic rings. The molecule has 2 amide bonds. The number of nitrogens with one attached hydrogen (secondary N) is 1. The normalized spacial score (nSPS) is 22.7. The van der Waals surface area contributed by atoms with Crippen molar-refractivity contribution in [3.63, 3.8) is 0 Å². The summed E-state index contributed by atoms with van der Waals surface area (Å²) in [4.78, 5) is 26.0.